The summed E-state index contributed by atoms with van der Waals surface area (Å²) in [5.74, 6) is 0.588. The predicted octanol–water partition coefficient (Wildman–Crippen LogP) is 4.77. The molecule has 0 radical (unpaired) electrons. The zero-order valence-corrected chi connectivity index (χ0v) is 10.1. The Labute approximate surface area is 89.9 Å². The average molecular weight is 217 g/mol. The third-order valence-corrected chi connectivity index (χ3v) is 4.15. The van der Waals surface area contributed by atoms with Crippen LogP contribution in [-0.2, 0) is 0 Å². The molecule has 0 fully saturated rings. The molecule has 2 heteroatoms. The normalized spacial score (nSPS) is 15.7. The van der Waals surface area contributed by atoms with Crippen molar-refractivity contribution in [3.63, 3.8) is 0 Å². The number of hydrogen-bond acceptors (Lipinski definition) is 1. The maximum Gasteiger partial charge on any atom is 0.0704 e. The van der Waals surface area contributed by atoms with E-state index < -0.39 is 0 Å². The first-order valence-electron chi connectivity index (χ1n) is 4.85. The van der Waals surface area contributed by atoms with E-state index >= 15 is 0 Å². The van der Waals surface area contributed by atoms with Crippen molar-refractivity contribution in [1.29, 1.82) is 0 Å². The average Bonchev–Trinajstić information content (AvgIpc) is 2.51. The molecule has 0 bridgehead atoms. The van der Waals surface area contributed by atoms with Crippen LogP contribution in [0.3, 0.4) is 0 Å². The van der Waals surface area contributed by atoms with Crippen molar-refractivity contribution < 1.29 is 0 Å². The topological polar surface area (TPSA) is 0 Å². The Morgan fingerprint density at radius 1 is 1.46 bits per heavy atom. The molecule has 1 rings (SSSR count). The van der Waals surface area contributed by atoms with Gasteiger partial charge in [0.1, 0.15) is 0 Å². The van der Waals surface area contributed by atoms with Crippen LogP contribution in [-0.4, -0.2) is 0 Å². The lowest BCUT2D eigenvalue weighted by Gasteiger charge is -2.15. The minimum Gasteiger partial charge on any atom is -0.144 e. The lowest BCUT2D eigenvalue weighted by atomic mass is 10.0. The predicted molar refractivity (Wildman–Crippen MR) is 61.7 cm³/mol. The first kappa shape index (κ1) is 11.1. The van der Waals surface area contributed by atoms with Crippen molar-refractivity contribution in [2.45, 2.75) is 39.0 Å². The number of hydrogen-bond donors (Lipinski definition) is 0. The van der Waals surface area contributed by atoms with Crippen LogP contribution >= 0.6 is 22.9 Å². The molecule has 2 atom stereocenters. The second-order valence-electron chi connectivity index (χ2n) is 3.62. The Balaban J connectivity index is 2.61. The zero-order valence-electron chi connectivity index (χ0n) is 8.51. The molecule has 0 aliphatic carbocycles. The first-order chi connectivity index (χ1) is 6.15. The van der Waals surface area contributed by atoms with E-state index in [-0.39, 0.29) is 5.38 Å². The Bertz CT molecular complexity index is 254. The van der Waals surface area contributed by atoms with E-state index in [2.05, 4.69) is 32.9 Å². The summed E-state index contributed by atoms with van der Waals surface area (Å²) in [5.41, 5.74) is 0. The van der Waals surface area contributed by atoms with Crippen LogP contribution in [0.5, 0.6) is 0 Å². The maximum absolute atomic E-state index is 6.36. The van der Waals surface area contributed by atoms with E-state index in [0.717, 1.165) is 0 Å². The molecule has 74 valence electrons. The molecule has 0 N–H and O–H groups in total. The molecule has 1 aromatic rings. The maximum atomic E-state index is 6.36. The van der Waals surface area contributed by atoms with E-state index in [0.29, 0.717) is 5.92 Å². The van der Waals surface area contributed by atoms with Gasteiger partial charge in [-0.05, 0) is 31.4 Å². The summed E-state index contributed by atoms with van der Waals surface area (Å²) in [6.45, 7) is 6.57. The molecule has 0 aromatic carbocycles. The standard InChI is InChI=1S/C11H17ClS/c1-4-5-8(2)11(12)10-7-6-9(3)13-10/h6-8,11H,4-5H2,1-3H3. The highest BCUT2D eigenvalue weighted by atomic mass is 35.5. The summed E-state index contributed by atoms with van der Waals surface area (Å²) in [4.78, 5) is 2.67. The number of alkyl halides is 1. The second kappa shape index (κ2) is 5.02. The fourth-order valence-electron chi connectivity index (χ4n) is 1.48. The van der Waals surface area contributed by atoms with Gasteiger partial charge in [0, 0.05) is 9.75 Å². The molecule has 0 amide bonds. The van der Waals surface area contributed by atoms with Gasteiger partial charge in [-0.2, -0.15) is 0 Å². The van der Waals surface area contributed by atoms with Gasteiger partial charge >= 0.3 is 0 Å². The van der Waals surface area contributed by atoms with Gasteiger partial charge < -0.3 is 0 Å². The van der Waals surface area contributed by atoms with Crippen LogP contribution in [0, 0.1) is 12.8 Å². The van der Waals surface area contributed by atoms with Crippen molar-refractivity contribution in [2.24, 2.45) is 5.92 Å². The van der Waals surface area contributed by atoms with Crippen LogP contribution in [0.1, 0.15) is 41.8 Å². The third-order valence-electron chi connectivity index (χ3n) is 2.28. The van der Waals surface area contributed by atoms with E-state index in [9.17, 15) is 0 Å². The van der Waals surface area contributed by atoms with Gasteiger partial charge in [0.05, 0.1) is 5.38 Å². The number of aryl methyl sites for hydroxylation is 1. The van der Waals surface area contributed by atoms with Gasteiger partial charge in [0.25, 0.3) is 0 Å². The van der Waals surface area contributed by atoms with Gasteiger partial charge in [-0.1, -0.05) is 20.3 Å². The fraction of sp³-hybridized carbons (Fsp3) is 0.636. The second-order valence-corrected chi connectivity index (χ2v) is 5.41. The highest BCUT2D eigenvalue weighted by molar-refractivity contribution is 7.12. The molecular weight excluding hydrogens is 200 g/mol. The summed E-state index contributed by atoms with van der Waals surface area (Å²) in [6, 6.07) is 4.30. The molecule has 2 unspecified atom stereocenters. The molecule has 0 aliphatic rings. The van der Waals surface area contributed by atoms with Crippen LogP contribution in [0.15, 0.2) is 12.1 Å². The van der Waals surface area contributed by atoms with Crippen molar-refractivity contribution in [1.82, 2.24) is 0 Å². The minimum absolute atomic E-state index is 0.207. The third kappa shape index (κ3) is 2.99. The van der Waals surface area contributed by atoms with Crippen LogP contribution < -0.4 is 0 Å². The van der Waals surface area contributed by atoms with E-state index in [1.807, 2.05) is 11.3 Å². The van der Waals surface area contributed by atoms with E-state index in [1.54, 1.807) is 0 Å². The smallest absolute Gasteiger partial charge is 0.0704 e. The number of rotatable bonds is 4. The highest BCUT2D eigenvalue weighted by Crippen LogP contribution is 2.35. The Kier molecular flexibility index (Phi) is 4.27. The van der Waals surface area contributed by atoms with Crippen molar-refractivity contribution >= 4 is 22.9 Å². The summed E-state index contributed by atoms with van der Waals surface area (Å²) in [7, 11) is 0. The lowest BCUT2D eigenvalue weighted by Crippen LogP contribution is -2.01. The number of halogens is 1. The summed E-state index contributed by atoms with van der Waals surface area (Å²) >= 11 is 8.18. The Morgan fingerprint density at radius 3 is 2.62 bits per heavy atom. The SMILES string of the molecule is CCCC(C)C(Cl)c1ccc(C)s1. The molecule has 1 heterocycles. The van der Waals surface area contributed by atoms with Crippen molar-refractivity contribution in [3.8, 4) is 0 Å². The van der Waals surface area contributed by atoms with E-state index in [1.165, 1.54) is 22.6 Å². The molecule has 0 saturated carbocycles. The summed E-state index contributed by atoms with van der Waals surface area (Å²) < 4.78 is 0. The van der Waals surface area contributed by atoms with Gasteiger partial charge in [-0.15, -0.1) is 22.9 Å². The molecule has 0 aliphatic heterocycles. The lowest BCUT2D eigenvalue weighted by molar-refractivity contribution is 0.511. The van der Waals surface area contributed by atoms with Gasteiger partial charge in [0.2, 0.25) is 0 Å². The first-order valence-corrected chi connectivity index (χ1v) is 6.10. The van der Waals surface area contributed by atoms with E-state index in [4.69, 9.17) is 11.6 Å². The minimum atomic E-state index is 0.207. The Morgan fingerprint density at radius 2 is 2.15 bits per heavy atom. The highest BCUT2D eigenvalue weighted by Gasteiger charge is 2.16. The molecular formula is C11H17ClS. The summed E-state index contributed by atoms with van der Waals surface area (Å²) in [6.07, 6.45) is 2.43. The number of thiophene rings is 1. The molecule has 0 spiro atoms. The molecule has 1 aromatic heterocycles. The Hall–Kier alpha value is -0.0100. The van der Waals surface area contributed by atoms with Gasteiger partial charge in [-0.25, -0.2) is 0 Å². The zero-order chi connectivity index (χ0) is 9.84. The van der Waals surface area contributed by atoms with Crippen molar-refractivity contribution in [3.05, 3.63) is 21.9 Å². The quantitative estimate of drug-likeness (QED) is 0.636. The molecule has 0 nitrogen and oxygen atoms in total. The monoisotopic (exact) mass is 216 g/mol. The molecule has 0 saturated heterocycles. The van der Waals surface area contributed by atoms with Gasteiger partial charge in [-0.3, -0.25) is 0 Å². The summed E-state index contributed by atoms with van der Waals surface area (Å²) in [5, 5.41) is 0.207. The molecule has 13 heavy (non-hydrogen) atoms. The van der Waals surface area contributed by atoms with Crippen LogP contribution in [0.25, 0.3) is 0 Å². The fourth-order valence-corrected chi connectivity index (χ4v) is 2.80. The van der Waals surface area contributed by atoms with Crippen LogP contribution in [0.4, 0.5) is 0 Å². The van der Waals surface area contributed by atoms with Crippen molar-refractivity contribution in [2.75, 3.05) is 0 Å². The largest absolute Gasteiger partial charge is 0.144 e. The van der Waals surface area contributed by atoms with Gasteiger partial charge in [0.15, 0.2) is 0 Å². The van der Waals surface area contributed by atoms with Crippen LogP contribution in [0.2, 0.25) is 0 Å².